The molecule has 2 rings (SSSR count). The van der Waals surface area contributed by atoms with Gasteiger partial charge in [-0.1, -0.05) is 11.6 Å². The first kappa shape index (κ1) is 12.6. The van der Waals surface area contributed by atoms with Gasteiger partial charge >= 0.3 is 0 Å². The van der Waals surface area contributed by atoms with Crippen molar-refractivity contribution in [2.45, 2.75) is 20.3 Å². The number of anilines is 1. The summed E-state index contributed by atoms with van der Waals surface area (Å²) < 4.78 is 0. The minimum atomic E-state index is 0.648. The smallest absolute Gasteiger partial charge is 0.144 e. The SMILES string of the molecule is Cc1cc(C)c(C#N)c(NCC2=CCNCC2)n1. The molecule has 0 saturated carbocycles. The van der Waals surface area contributed by atoms with Crippen molar-refractivity contribution in [1.29, 1.82) is 5.26 Å². The standard InChI is InChI=1S/C14H18N4/c1-10-7-11(2)18-14(13(10)8-15)17-9-12-3-5-16-6-4-12/h3,7,16H,4-6,9H2,1-2H3,(H,17,18). The van der Waals surface area contributed by atoms with E-state index in [1.807, 2.05) is 19.9 Å². The van der Waals surface area contributed by atoms with Gasteiger partial charge in [0.05, 0.1) is 5.56 Å². The highest BCUT2D eigenvalue weighted by Crippen LogP contribution is 2.18. The highest BCUT2D eigenvalue weighted by molar-refractivity contribution is 5.56. The second-order valence-corrected chi connectivity index (χ2v) is 4.59. The number of rotatable bonds is 3. The van der Waals surface area contributed by atoms with Gasteiger partial charge in [-0.15, -0.1) is 0 Å². The fraction of sp³-hybridized carbons (Fsp3) is 0.429. The minimum Gasteiger partial charge on any atom is -0.365 e. The molecule has 0 saturated heterocycles. The second kappa shape index (κ2) is 5.65. The Kier molecular flexibility index (Phi) is 3.96. The van der Waals surface area contributed by atoms with Crippen LogP contribution in [0.25, 0.3) is 0 Å². The predicted molar refractivity (Wildman–Crippen MR) is 72.5 cm³/mol. The average molecular weight is 242 g/mol. The van der Waals surface area contributed by atoms with Crippen LogP contribution in [-0.4, -0.2) is 24.6 Å². The summed E-state index contributed by atoms with van der Waals surface area (Å²) in [5.41, 5.74) is 3.94. The lowest BCUT2D eigenvalue weighted by molar-refractivity contribution is 0.697. The summed E-state index contributed by atoms with van der Waals surface area (Å²) in [4.78, 5) is 4.41. The summed E-state index contributed by atoms with van der Waals surface area (Å²) >= 11 is 0. The van der Waals surface area contributed by atoms with Gasteiger partial charge in [-0.3, -0.25) is 0 Å². The molecule has 18 heavy (non-hydrogen) atoms. The molecule has 1 aliphatic rings. The third kappa shape index (κ3) is 2.88. The molecule has 94 valence electrons. The zero-order valence-corrected chi connectivity index (χ0v) is 10.9. The first-order chi connectivity index (χ1) is 8.70. The van der Waals surface area contributed by atoms with Gasteiger partial charge in [0.2, 0.25) is 0 Å². The summed E-state index contributed by atoms with van der Waals surface area (Å²) in [5.74, 6) is 0.703. The molecule has 0 fully saturated rings. The van der Waals surface area contributed by atoms with Crippen LogP contribution >= 0.6 is 0 Å². The van der Waals surface area contributed by atoms with Crippen LogP contribution in [0, 0.1) is 25.2 Å². The van der Waals surface area contributed by atoms with Crippen LogP contribution in [0.1, 0.15) is 23.2 Å². The maximum absolute atomic E-state index is 9.17. The Balaban J connectivity index is 2.13. The molecule has 4 heteroatoms. The van der Waals surface area contributed by atoms with Crippen molar-refractivity contribution in [3.05, 3.63) is 34.5 Å². The van der Waals surface area contributed by atoms with Crippen molar-refractivity contribution in [1.82, 2.24) is 10.3 Å². The van der Waals surface area contributed by atoms with Gasteiger partial charge in [0.15, 0.2) is 0 Å². The summed E-state index contributed by atoms with van der Waals surface area (Å²) in [6.07, 6.45) is 3.25. The van der Waals surface area contributed by atoms with Gasteiger partial charge in [-0.05, 0) is 38.4 Å². The zero-order chi connectivity index (χ0) is 13.0. The maximum Gasteiger partial charge on any atom is 0.144 e. The Morgan fingerprint density at radius 3 is 3.00 bits per heavy atom. The quantitative estimate of drug-likeness (QED) is 0.795. The topological polar surface area (TPSA) is 60.7 Å². The van der Waals surface area contributed by atoms with E-state index < -0.39 is 0 Å². The highest BCUT2D eigenvalue weighted by Gasteiger charge is 2.09. The molecule has 0 unspecified atom stereocenters. The average Bonchev–Trinajstić information content (AvgIpc) is 2.37. The van der Waals surface area contributed by atoms with E-state index in [4.69, 9.17) is 0 Å². The van der Waals surface area contributed by atoms with Crippen molar-refractivity contribution >= 4 is 5.82 Å². The van der Waals surface area contributed by atoms with Crippen LogP contribution in [0.4, 0.5) is 5.82 Å². The molecule has 0 bridgehead atoms. The van der Waals surface area contributed by atoms with Crippen LogP contribution in [-0.2, 0) is 0 Å². The molecule has 2 N–H and O–H groups in total. The molecule has 0 atom stereocenters. The molecule has 1 aromatic rings. The van der Waals surface area contributed by atoms with Crippen LogP contribution in [0.3, 0.4) is 0 Å². The number of aryl methyl sites for hydroxylation is 2. The van der Waals surface area contributed by atoms with Crippen LogP contribution in [0.15, 0.2) is 17.7 Å². The fourth-order valence-corrected chi connectivity index (χ4v) is 2.13. The van der Waals surface area contributed by atoms with E-state index in [0.29, 0.717) is 11.4 Å². The summed E-state index contributed by atoms with van der Waals surface area (Å²) in [7, 11) is 0. The van der Waals surface area contributed by atoms with Crippen molar-refractivity contribution in [3.63, 3.8) is 0 Å². The Morgan fingerprint density at radius 1 is 1.50 bits per heavy atom. The normalized spacial score (nSPS) is 14.8. The highest BCUT2D eigenvalue weighted by atomic mass is 15.0. The van der Waals surface area contributed by atoms with E-state index >= 15 is 0 Å². The van der Waals surface area contributed by atoms with Crippen LogP contribution < -0.4 is 10.6 Å². The summed E-state index contributed by atoms with van der Waals surface area (Å²) in [5, 5.41) is 15.7. The first-order valence-corrected chi connectivity index (χ1v) is 6.21. The Morgan fingerprint density at radius 2 is 2.33 bits per heavy atom. The molecule has 2 heterocycles. The van der Waals surface area contributed by atoms with E-state index in [1.165, 1.54) is 5.57 Å². The largest absolute Gasteiger partial charge is 0.365 e. The van der Waals surface area contributed by atoms with Gasteiger partial charge in [0.1, 0.15) is 11.9 Å². The van der Waals surface area contributed by atoms with Gasteiger partial charge < -0.3 is 10.6 Å². The fourth-order valence-electron chi connectivity index (χ4n) is 2.13. The third-order valence-electron chi connectivity index (χ3n) is 3.10. The van der Waals surface area contributed by atoms with Gasteiger partial charge in [0.25, 0.3) is 0 Å². The molecule has 0 radical (unpaired) electrons. The molecule has 1 aromatic heterocycles. The number of nitrogens with zero attached hydrogens (tertiary/aromatic N) is 2. The minimum absolute atomic E-state index is 0.648. The lowest BCUT2D eigenvalue weighted by Crippen LogP contribution is -2.23. The maximum atomic E-state index is 9.17. The lowest BCUT2D eigenvalue weighted by atomic mass is 10.1. The number of nitrogens with one attached hydrogen (secondary N) is 2. The molecule has 4 nitrogen and oxygen atoms in total. The third-order valence-corrected chi connectivity index (χ3v) is 3.10. The molecule has 0 spiro atoms. The predicted octanol–water partition coefficient (Wildman–Crippen LogP) is 1.90. The summed E-state index contributed by atoms with van der Waals surface area (Å²) in [6.45, 7) is 6.62. The van der Waals surface area contributed by atoms with Gasteiger partial charge in [0, 0.05) is 18.8 Å². The van der Waals surface area contributed by atoms with E-state index in [0.717, 1.165) is 37.3 Å². The van der Waals surface area contributed by atoms with E-state index in [-0.39, 0.29) is 0 Å². The van der Waals surface area contributed by atoms with Crippen molar-refractivity contribution in [2.75, 3.05) is 25.0 Å². The molecule has 0 aliphatic carbocycles. The number of nitriles is 1. The van der Waals surface area contributed by atoms with E-state index in [1.54, 1.807) is 0 Å². The molecule has 0 amide bonds. The van der Waals surface area contributed by atoms with Crippen molar-refractivity contribution < 1.29 is 0 Å². The first-order valence-electron chi connectivity index (χ1n) is 6.21. The van der Waals surface area contributed by atoms with Crippen LogP contribution in [0.5, 0.6) is 0 Å². The molecule has 0 aromatic carbocycles. The zero-order valence-electron chi connectivity index (χ0n) is 10.9. The molecular weight excluding hydrogens is 224 g/mol. The van der Waals surface area contributed by atoms with Crippen molar-refractivity contribution in [2.24, 2.45) is 0 Å². The summed E-state index contributed by atoms with van der Waals surface area (Å²) in [6, 6.07) is 4.16. The number of aromatic nitrogens is 1. The number of hydrogen-bond donors (Lipinski definition) is 2. The Bertz CT molecular complexity index is 511. The van der Waals surface area contributed by atoms with Crippen molar-refractivity contribution in [3.8, 4) is 6.07 Å². The monoisotopic (exact) mass is 242 g/mol. The Hall–Kier alpha value is -1.86. The van der Waals surface area contributed by atoms with E-state index in [2.05, 4.69) is 27.8 Å². The lowest BCUT2D eigenvalue weighted by Gasteiger charge is -2.16. The van der Waals surface area contributed by atoms with Gasteiger partial charge in [-0.2, -0.15) is 5.26 Å². The number of pyridine rings is 1. The molecular formula is C14H18N4. The molecule has 1 aliphatic heterocycles. The Labute approximate surface area is 108 Å². The van der Waals surface area contributed by atoms with Crippen LogP contribution in [0.2, 0.25) is 0 Å². The number of hydrogen-bond acceptors (Lipinski definition) is 4. The van der Waals surface area contributed by atoms with Gasteiger partial charge in [-0.25, -0.2) is 4.98 Å². The second-order valence-electron chi connectivity index (χ2n) is 4.59. The van der Waals surface area contributed by atoms with E-state index in [9.17, 15) is 5.26 Å².